The average Bonchev–Trinajstić information content (AvgIpc) is 2.67. The van der Waals surface area contributed by atoms with Crippen molar-refractivity contribution in [2.45, 2.75) is 43.5 Å². The lowest BCUT2D eigenvalue weighted by atomic mass is 10.2. The van der Waals surface area contributed by atoms with Crippen LogP contribution in [0.4, 0.5) is 0 Å². The molecule has 2 rings (SSSR count). The summed E-state index contributed by atoms with van der Waals surface area (Å²) in [5.74, 6) is 1.27. The number of sulfone groups is 1. The van der Waals surface area contributed by atoms with E-state index in [4.69, 9.17) is 15.2 Å². The Morgan fingerprint density at radius 2 is 1.90 bits per heavy atom. The largest absolute Gasteiger partial charge is 0.490 e. The zero-order valence-corrected chi connectivity index (χ0v) is 13.2. The van der Waals surface area contributed by atoms with Crippen LogP contribution < -0.4 is 15.2 Å². The molecule has 0 amide bonds. The Morgan fingerprint density at radius 3 is 2.62 bits per heavy atom. The minimum Gasteiger partial charge on any atom is -0.490 e. The van der Waals surface area contributed by atoms with Gasteiger partial charge in [-0.3, -0.25) is 0 Å². The molecule has 1 aliphatic heterocycles. The Bertz CT molecular complexity index is 569. The highest BCUT2D eigenvalue weighted by molar-refractivity contribution is 7.91. The number of fused-ring (bicyclic) bond motifs is 1. The standard InChI is InChI=1S/C15H23NO4S/c1-12(16)5-2-3-10-21(17,18)13-6-7-14-15(11-13)20-9-4-8-19-14/h6-7,11-12H,2-5,8-10,16H2,1H3. The summed E-state index contributed by atoms with van der Waals surface area (Å²) in [6, 6.07) is 4.96. The SMILES string of the molecule is CC(N)CCCCS(=O)(=O)c1ccc2c(c1)OCCCO2. The number of hydrogen-bond acceptors (Lipinski definition) is 5. The molecule has 6 heteroatoms. The minimum absolute atomic E-state index is 0.116. The number of rotatable bonds is 6. The lowest BCUT2D eigenvalue weighted by molar-refractivity contribution is 0.297. The van der Waals surface area contributed by atoms with Crippen molar-refractivity contribution >= 4 is 9.84 Å². The van der Waals surface area contributed by atoms with Crippen LogP contribution in [0.1, 0.15) is 32.6 Å². The molecule has 0 aromatic heterocycles. The van der Waals surface area contributed by atoms with Crippen LogP contribution >= 0.6 is 0 Å². The first kappa shape index (κ1) is 16.1. The van der Waals surface area contributed by atoms with Crippen LogP contribution in [0.25, 0.3) is 0 Å². The smallest absolute Gasteiger partial charge is 0.178 e. The van der Waals surface area contributed by atoms with Crippen molar-refractivity contribution in [1.29, 1.82) is 0 Å². The third-order valence-electron chi connectivity index (χ3n) is 3.40. The van der Waals surface area contributed by atoms with Crippen LogP contribution in [-0.2, 0) is 9.84 Å². The van der Waals surface area contributed by atoms with E-state index < -0.39 is 9.84 Å². The van der Waals surface area contributed by atoms with E-state index in [1.807, 2.05) is 6.92 Å². The fourth-order valence-electron chi connectivity index (χ4n) is 2.21. The second kappa shape index (κ2) is 7.13. The summed E-state index contributed by atoms with van der Waals surface area (Å²) in [4.78, 5) is 0.299. The van der Waals surface area contributed by atoms with Crippen molar-refractivity contribution in [3.05, 3.63) is 18.2 Å². The first-order valence-corrected chi connectivity index (χ1v) is 9.02. The van der Waals surface area contributed by atoms with Gasteiger partial charge in [-0.15, -0.1) is 0 Å². The molecule has 1 heterocycles. The molecule has 0 bridgehead atoms. The van der Waals surface area contributed by atoms with E-state index in [1.54, 1.807) is 18.2 Å². The summed E-state index contributed by atoms with van der Waals surface area (Å²) >= 11 is 0. The third-order valence-corrected chi connectivity index (χ3v) is 5.20. The maximum Gasteiger partial charge on any atom is 0.178 e. The van der Waals surface area contributed by atoms with Crippen molar-refractivity contribution in [1.82, 2.24) is 0 Å². The zero-order valence-electron chi connectivity index (χ0n) is 12.4. The summed E-state index contributed by atoms with van der Waals surface area (Å²) in [5, 5.41) is 0. The predicted molar refractivity (Wildman–Crippen MR) is 81.6 cm³/mol. The van der Waals surface area contributed by atoms with Crippen LogP contribution in [0.2, 0.25) is 0 Å². The Hall–Kier alpha value is -1.27. The molecule has 0 aliphatic carbocycles. The van der Waals surface area contributed by atoms with E-state index in [2.05, 4.69) is 0 Å². The zero-order chi connectivity index (χ0) is 15.3. The van der Waals surface area contributed by atoms with Crippen molar-refractivity contribution in [3.63, 3.8) is 0 Å². The van der Waals surface area contributed by atoms with E-state index in [0.29, 0.717) is 36.0 Å². The van der Waals surface area contributed by atoms with Gasteiger partial charge >= 0.3 is 0 Å². The molecule has 21 heavy (non-hydrogen) atoms. The summed E-state index contributed by atoms with van der Waals surface area (Å²) in [6.07, 6.45) is 3.09. The van der Waals surface area contributed by atoms with Crippen LogP contribution in [0.3, 0.4) is 0 Å². The lowest BCUT2D eigenvalue weighted by Crippen LogP contribution is -2.15. The van der Waals surface area contributed by atoms with Gasteiger partial charge in [-0.05, 0) is 31.9 Å². The van der Waals surface area contributed by atoms with Crippen molar-refractivity contribution < 1.29 is 17.9 Å². The number of benzene rings is 1. The Morgan fingerprint density at radius 1 is 1.19 bits per heavy atom. The topological polar surface area (TPSA) is 78.6 Å². The normalized spacial score (nSPS) is 16.3. The molecule has 118 valence electrons. The van der Waals surface area contributed by atoms with Crippen LogP contribution in [0.5, 0.6) is 11.5 Å². The molecule has 1 aromatic rings. The van der Waals surface area contributed by atoms with Crippen LogP contribution in [0, 0.1) is 0 Å². The number of unbranched alkanes of at least 4 members (excludes halogenated alkanes) is 1. The highest BCUT2D eigenvalue weighted by atomic mass is 32.2. The lowest BCUT2D eigenvalue weighted by Gasteiger charge is -2.10. The highest BCUT2D eigenvalue weighted by Crippen LogP contribution is 2.32. The molecule has 0 radical (unpaired) electrons. The third kappa shape index (κ3) is 4.61. The van der Waals surface area contributed by atoms with Gasteiger partial charge in [0.05, 0.1) is 23.9 Å². The highest BCUT2D eigenvalue weighted by Gasteiger charge is 2.18. The summed E-state index contributed by atoms with van der Waals surface area (Å²) in [6.45, 7) is 3.07. The maximum absolute atomic E-state index is 12.3. The number of hydrogen-bond donors (Lipinski definition) is 1. The van der Waals surface area contributed by atoms with Gasteiger partial charge in [-0.25, -0.2) is 8.42 Å². The molecule has 0 saturated heterocycles. The Kier molecular flexibility index (Phi) is 5.47. The molecule has 0 spiro atoms. The predicted octanol–water partition coefficient (Wildman–Crippen LogP) is 2.14. The van der Waals surface area contributed by atoms with Gasteiger partial charge in [-0.1, -0.05) is 6.42 Å². The monoisotopic (exact) mass is 313 g/mol. The molecule has 2 N–H and O–H groups in total. The van der Waals surface area contributed by atoms with Gasteiger partial charge in [0, 0.05) is 18.5 Å². The molecular weight excluding hydrogens is 290 g/mol. The van der Waals surface area contributed by atoms with E-state index >= 15 is 0 Å². The second-order valence-electron chi connectivity index (χ2n) is 5.45. The molecule has 5 nitrogen and oxygen atoms in total. The van der Waals surface area contributed by atoms with Gasteiger partial charge in [0.15, 0.2) is 21.3 Å². The summed E-state index contributed by atoms with van der Waals surface area (Å²) in [7, 11) is -3.28. The van der Waals surface area contributed by atoms with Gasteiger partial charge in [0.25, 0.3) is 0 Å². The fraction of sp³-hybridized carbons (Fsp3) is 0.600. The van der Waals surface area contributed by atoms with Gasteiger partial charge in [-0.2, -0.15) is 0 Å². The minimum atomic E-state index is -3.28. The molecule has 1 unspecified atom stereocenters. The summed E-state index contributed by atoms with van der Waals surface area (Å²) in [5.41, 5.74) is 5.66. The Balaban J connectivity index is 2.04. The molecular formula is C15H23NO4S. The first-order chi connectivity index (χ1) is 9.99. The van der Waals surface area contributed by atoms with Crippen molar-refractivity contribution in [3.8, 4) is 11.5 Å². The van der Waals surface area contributed by atoms with E-state index in [9.17, 15) is 8.42 Å². The fourth-order valence-corrected chi connectivity index (χ4v) is 3.60. The second-order valence-corrected chi connectivity index (χ2v) is 7.56. The van der Waals surface area contributed by atoms with Gasteiger partial charge < -0.3 is 15.2 Å². The average molecular weight is 313 g/mol. The quantitative estimate of drug-likeness (QED) is 0.814. The van der Waals surface area contributed by atoms with Crippen molar-refractivity contribution in [2.75, 3.05) is 19.0 Å². The maximum atomic E-state index is 12.3. The Labute approximate surface area is 126 Å². The molecule has 0 saturated carbocycles. The number of ether oxygens (including phenoxy) is 2. The molecule has 1 aromatic carbocycles. The van der Waals surface area contributed by atoms with Crippen LogP contribution in [0.15, 0.2) is 23.1 Å². The molecule has 1 aliphatic rings. The van der Waals surface area contributed by atoms with E-state index in [1.165, 1.54) is 0 Å². The first-order valence-electron chi connectivity index (χ1n) is 7.37. The van der Waals surface area contributed by atoms with Crippen LogP contribution in [-0.4, -0.2) is 33.4 Å². The van der Waals surface area contributed by atoms with Gasteiger partial charge in [0.2, 0.25) is 0 Å². The molecule has 0 fully saturated rings. The van der Waals surface area contributed by atoms with Gasteiger partial charge in [0.1, 0.15) is 0 Å². The molecule has 1 atom stereocenters. The summed E-state index contributed by atoms with van der Waals surface area (Å²) < 4.78 is 35.7. The van der Waals surface area contributed by atoms with E-state index in [-0.39, 0.29) is 11.8 Å². The van der Waals surface area contributed by atoms with Crippen molar-refractivity contribution in [2.24, 2.45) is 5.73 Å². The number of nitrogens with two attached hydrogens (primary N) is 1. The van der Waals surface area contributed by atoms with E-state index in [0.717, 1.165) is 19.3 Å².